The zero-order valence-electron chi connectivity index (χ0n) is 11.1. The first-order chi connectivity index (χ1) is 9.25. The molecular weight excluding hydrogens is 242 g/mol. The third kappa shape index (κ3) is 4.56. The molecule has 19 heavy (non-hydrogen) atoms. The van der Waals surface area contributed by atoms with Gasteiger partial charge >= 0.3 is 5.97 Å². The third-order valence-electron chi connectivity index (χ3n) is 3.54. The first-order valence-electron chi connectivity index (χ1n) is 6.92. The van der Waals surface area contributed by atoms with Gasteiger partial charge in [-0.05, 0) is 43.5 Å². The van der Waals surface area contributed by atoms with E-state index >= 15 is 0 Å². The highest BCUT2D eigenvalue weighted by atomic mass is 16.5. The lowest BCUT2D eigenvalue weighted by Gasteiger charge is -2.11. The molecule has 0 aromatic heterocycles. The summed E-state index contributed by atoms with van der Waals surface area (Å²) in [7, 11) is 0. The van der Waals surface area contributed by atoms with Crippen LogP contribution in [0.1, 0.15) is 36.0 Å². The molecule has 4 heteroatoms. The molecule has 4 nitrogen and oxygen atoms in total. The van der Waals surface area contributed by atoms with E-state index in [0.29, 0.717) is 12.4 Å². The molecular formula is C15H21NO3. The number of hydrogen-bond acceptors (Lipinski definition) is 3. The number of carboxylic acid groups (broad SMARTS) is 1. The Labute approximate surface area is 113 Å². The molecule has 1 aliphatic carbocycles. The predicted octanol–water partition coefficient (Wildman–Crippen LogP) is 2.54. The molecule has 1 saturated carbocycles. The van der Waals surface area contributed by atoms with Crippen LogP contribution in [0.15, 0.2) is 24.3 Å². The van der Waals surface area contributed by atoms with Gasteiger partial charge in [0.05, 0.1) is 5.56 Å². The fourth-order valence-corrected chi connectivity index (χ4v) is 2.48. The lowest BCUT2D eigenvalue weighted by molar-refractivity contribution is 0.0696. The van der Waals surface area contributed by atoms with Crippen molar-refractivity contribution in [1.82, 2.24) is 5.32 Å². The van der Waals surface area contributed by atoms with Gasteiger partial charge in [0.1, 0.15) is 12.4 Å². The summed E-state index contributed by atoms with van der Waals surface area (Å²) < 4.78 is 5.54. The minimum absolute atomic E-state index is 0.261. The summed E-state index contributed by atoms with van der Waals surface area (Å²) in [5, 5.41) is 12.3. The van der Waals surface area contributed by atoms with Gasteiger partial charge in [-0.3, -0.25) is 0 Å². The van der Waals surface area contributed by atoms with Crippen LogP contribution in [0.4, 0.5) is 0 Å². The zero-order chi connectivity index (χ0) is 13.5. The monoisotopic (exact) mass is 263 g/mol. The third-order valence-corrected chi connectivity index (χ3v) is 3.54. The van der Waals surface area contributed by atoms with Gasteiger partial charge < -0.3 is 15.2 Å². The first-order valence-corrected chi connectivity index (χ1v) is 6.92. The summed E-state index contributed by atoms with van der Waals surface area (Å²) >= 11 is 0. The summed E-state index contributed by atoms with van der Waals surface area (Å²) in [6.07, 6.45) is 5.42. The summed E-state index contributed by atoms with van der Waals surface area (Å²) in [4.78, 5) is 10.8. The van der Waals surface area contributed by atoms with Crippen LogP contribution in [0.3, 0.4) is 0 Å². The van der Waals surface area contributed by atoms with Crippen LogP contribution in [0.5, 0.6) is 5.75 Å². The Hall–Kier alpha value is -1.55. The van der Waals surface area contributed by atoms with E-state index in [9.17, 15) is 4.79 Å². The van der Waals surface area contributed by atoms with Gasteiger partial charge in [0.25, 0.3) is 0 Å². The maximum absolute atomic E-state index is 10.8. The summed E-state index contributed by atoms with van der Waals surface area (Å²) in [6, 6.07) is 6.60. The van der Waals surface area contributed by atoms with Crippen LogP contribution < -0.4 is 10.1 Å². The van der Waals surface area contributed by atoms with Crippen LogP contribution in [-0.4, -0.2) is 30.8 Å². The van der Waals surface area contributed by atoms with Gasteiger partial charge in [0.2, 0.25) is 0 Å². The molecule has 1 aromatic carbocycles. The van der Waals surface area contributed by atoms with Crippen LogP contribution in [0.2, 0.25) is 0 Å². The molecule has 1 aromatic rings. The Bertz CT molecular complexity index is 414. The van der Waals surface area contributed by atoms with E-state index in [1.54, 1.807) is 24.3 Å². The van der Waals surface area contributed by atoms with E-state index in [4.69, 9.17) is 9.84 Å². The number of carbonyl (C=O) groups is 1. The second-order valence-corrected chi connectivity index (χ2v) is 5.04. The van der Waals surface area contributed by atoms with E-state index in [0.717, 1.165) is 19.0 Å². The largest absolute Gasteiger partial charge is 0.492 e. The molecule has 0 amide bonds. The highest BCUT2D eigenvalue weighted by molar-refractivity contribution is 5.87. The summed E-state index contributed by atoms with van der Waals surface area (Å²) in [5.41, 5.74) is 0.261. The standard InChI is InChI=1S/C15H21NO3/c17-15(18)13-6-3-7-14(10-13)19-9-8-16-11-12-4-1-2-5-12/h3,6-7,10,12,16H,1-2,4-5,8-9,11H2,(H,17,18). The normalized spacial score (nSPS) is 15.6. The minimum atomic E-state index is -0.926. The lowest BCUT2D eigenvalue weighted by Crippen LogP contribution is -2.26. The summed E-state index contributed by atoms with van der Waals surface area (Å²) in [6.45, 7) is 2.43. The van der Waals surface area contributed by atoms with Gasteiger partial charge in [0.15, 0.2) is 0 Å². The van der Waals surface area contributed by atoms with Gasteiger partial charge in [-0.2, -0.15) is 0 Å². The molecule has 0 heterocycles. The lowest BCUT2D eigenvalue weighted by atomic mass is 10.1. The number of carboxylic acids is 1. The van der Waals surface area contributed by atoms with E-state index in [-0.39, 0.29) is 5.56 Å². The molecule has 0 atom stereocenters. The SMILES string of the molecule is O=C(O)c1cccc(OCCNCC2CCCC2)c1. The van der Waals surface area contributed by atoms with Crippen LogP contribution in [0, 0.1) is 5.92 Å². The quantitative estimate of drug-likeness (QED) is 0.742. The molecule has 0 bridgehead atoms. The van der Waals surface area contributed by atoms with Crippen LogP contribution in [-0.2, 0) is 0 Å². The number of ether oxygens (including phenoxy) is 1. The molecule has 0 spiro atoms. The van der Waals surface area contributed by atoms with E-state index in [1.165, 1.54) is 25.7 Å². The number of hydrogen-bond donors (Lipinski definition) is 2. The average molecular weight is 263 g/mol. The van der Waals surface area contributed by atoms with Gasteiger partial charge in [0, 0.05) is 6.54 Å². The van der Waals surface area contributed by atoms with Crippen molar-refractivity contribution in [1.29, 1.82) is 0 Å². The molecule has 0 radical (unpaired) electrons. The smallest absolute Gasteiger partial charge is 0.335 e. The van der Waals surface area contributed by atoms with Crippen molar-refractivity contribution in [2.45, 2.75) is 25.7 Å². The molecule has 0 unspecified atom stereocenters. The number of benzene rings is 1. The van der Waals surface area contributed by atoms with Crippen molar-refractivity contribution < 1.29 is 14.6 Å². The Morgan fingerprint density at radius 1 is 1.37 bits per heavy atom. The average Bonchev–Trinajstić information content (AvgIpc) is 2.92. The Balaban J connectivity index is 1.64. The Morgan fingerprint density at radius 2 is 2.16 bits per heavy atom. The number of nitrogens with one attached hydrogen (secondary N) is 1. The van der Waals surface area contributed by atoms with E-state index in [1.807, 2.05) is 0 Å². The highest BCUT2D eigenvalue weighted by Crippen LogP contribution is 2.23. The van der Waals surface area contributed by atoms with Gasteiger partial charge in [-0.25, -0.2) is 4.79 Å². The van der Waals surface area contributed by atoms with Gasteiger partial charge in [-0.1, -0.05) is 18.9 Å². The van der Waals surface area contributed by atoms with E-state index < -0.39 is 5.97 Å². The topological polar surface area (TPSA) is 58.6 Å². The number of rotatable bonds is 7. The van der Waals surface area contributed by atoms with Crippen molar-refractivity contribution >= 4 is 5.97 Å². The second kappa shape index (κ2) is 7.14. The maximum atomic E-state index is 10.8. The Morgan fingerprint density at radius 3 is 2.89 bits per heavy atom. The van der Waals surface area contributed by atoms with Gasteiger partial charge in [-0.15, -0.1) is 0 Å². The summed E-state index contributed by atoms with van der Waals surface area (Å²) in [5.74, 6) is 0.516. The Kier molecular flexibility index (Phi) is 5.21. The zero-order valence-corrected chi connectivity index (χ0v) is 11.1. The van der Waals surface area contributed by atoms with Crippen LogP contribution in [0.25, 0.3) is 0 Å². The maximum Gasteiger partial charge on any atom is 0.335 e. The molecule has 2 rings (SSSR count). The predicted molar refractivity (Wildman–Crippen MR) is 73.7 cm³/mol. The minimum Gasteiger partial charge on any atom is -0.492 e. The van der Waals surface area contributed by atoms with Crippen LogP contribution >= 0.6 is 0 Å². The van der Waals surface area contributed by atoms with Crippen molar-refractivity contribution in [2.75, 3.05) is 19.7 Å². The molecule has 104 valence electrons. The molecule has 0 aliphatic heterocycles. The molecule has 1 aliphatic rings. The van der Waals surface area contributed by atoms with Crippen molar-refractivity contribution in [3.8, 4) is 5.75 Å². The fourth-order valence-electron chi connectivity index (χ4n) is 2.48. The molecule has 0 saturated heterocycles. The first kappa shape index (κ1) is 13.9. The fraction of sp³-hybridized carbons (Fsp3) is 0.533. The second-order valence-electron chi connectivity index (χ2n) is 5.04. The van der Waals surface area contributed by atoms with E-state index in [2.05, 4.69) is 5.32 Å². The van der Waals surface area contributed by atoms with Crippen molar-refractivity contribution in [3.05, 3.63) is 29.8 Å². The number of aromatic carboxylic acids is 1. The molecule has 1 fully saturated rings. The highest BCUT2D eigenvalue weighted by Gasteiger charge is 2.13. The molecule has 2 N–H and O–H groups in total. The van der Waals surface area contributed by atoms with Crippen molar-refractivity contribution in [2.24, 2.45) is 5.92 Å². The van der Waals surface area contributed by atoms with Crippen molar-refractivity contribution in [3.63, 3.8) is 0 Å².